The lowest BCUT2D eigenvalue weighted by Gasteiger charge is -2.36. The molecule has 10 nitrogen and oxygen atoms in total. The zero-order valence-electron chi connectivity index (χ0n) is 21.9. The van der Waals surface area contributed by atoms with Crippen LogP contribution in [0.3, 0.4) is 0 Å². The van der Waals surface area contributed by atoms with E-state index in [0.717, 1.165) is 25.3 Å². The highest BCUT2D eigenvalue weighted by Gasteiger charge is 2.26. The van der Waals surface area contributed by atoms with Crippen LogP contribution in [0.15, 0.2) is 23.6 Å². The average molecular weight is 520 g/mol. The Morgan fingerprint density at radius 2 is 1.92 bits per heavy atom. The van der Waals surface area contributed by atoms with Crippen molar-refractivity contribution in [3.8, 4) is 11.4 Å². The van der Waals surface area contributed by atoms with Gasteiger partial charge in [0.2, 0.25) is 0 Å². The van der Waals surface area contributed by atoms with Crippen molar-refractivity contribution in [2.24, 2.45) is 0 Å². The number of alkyl carbamates (subject to hydrolysis) is 1. The van der Waals surface area contributed by atoms with Crippen molar-refractivity contribution in [1.29, 1.82) is 0 Å². The van der Waals surface area contributed by atoms with Crippen molar-refractivity contribution in [3.63, 3.8) is 0 Å². The Morgan fingerprint density at radius 1 is 1.19 bits per heavy atom. The van der Waals surface area contributed by atoms with Gasteiger partial charge in [-0.05, 0) is 53.2 Å². The van der Waals surface area contributed by atoms with Crippen molar-refractivity contribution in [2.75, 3.05) is 36.5 Å². The summed E-state index contributed by atoms with van der Waals surface area (Å²) >= 11 is 1.29. The summed E-state index contributed by atoms with van der Waals surface area (Å²) in [7, 11) is 0. The number of carbonyl (C=O) groups excluding carboxylic acids is 2. The van der Waals surface area contributed by atoms with Gasteiger partial charge in [-0.25, -0.2) is 14.8 Å². The van der Waals surface area contributed by atoms with Gasteiger partial charge in [0.1, 0.15) is 23.2 Å². The van der Waals surface area contributed by atoms with Crippen LogP contribution in [0.1, 0.15) is 48.0 Å². The SMILES string of the molecule is CCCOC[C@H](NC(=O)OC(C)(C)C)C(=O)Nc1nc(-c2cccc(N3C[C@@H](C)O[C@@H](C)C3)n2)cs1. The van der Waals surface area contributed by atoms with Gasteiger partial charge in [-0.2, -0.15) is 0 Å². The van der Waals surface area contributed by atoms with Crippen LogP contribution in [0.25, 0.3) is 11.4 Å². The molecule has 0 bridgehead atoms. The van der Waals surface area contributed by atoms with Crippen LogP contribution in [-0.2, 0) is 19.0 Å². The molecule has 0 radical (unpaired) electrons. The molecule has 36 heavy (non-hydrogen) atoms. The summed E-state index contributed by atoms with van der Waals surface area (Å²) in [5, 5.41) is 7.62. The minimum absolute atomic E-state index is 0.0249. The van der Waals surface area contributed by atoms with Crippen molar-refractivity contribution in [3.05, 3.63) is 23.6 Å². The van der Waals surface area contributed by atoms with Gasteiger partial charge >= 0.3 is 6.09 Å². The van der Waals surface area contributed by atoms with Gasteiger partial charge in [0.05, 0.1) is 24.5 Å². The molecule has 3 atom stereocenters. The fourth-order valence-corrected chi connectivity index (χ4v) is 4.43. The molecule has 3 rings (SSSR count). The minimum atomic E-state index is -0.925. The van der Waals surface area contributed by atoms with Crippen LogP contribution in [0.5, 0.6) is 0 Å². The molecule has 1 aliphatic rings. The standard InChI is InChI=1S/C25H37N5O5S/c1-7-11-33-14-19(28-24(32)35-25(4,5)6)22(31)29-23-27-20(15-36-23)18-9-8-10-21(26-18)30-12-16(2)34-17(3)13-30/h8-10,15-17,19H,7,11-14H2,1-6H3,(H,28,32)(H,27,29,31)/t16-,17+,19-/m0/s1. The maximum Gasteiger partial charge on any atom is 0.408 e. The molecule has 0 aliphatic carbocycles. The van der Waals surface area contributed by atoms with Crippen LogP contribution >= 0.6 is 11.3 Å². The third kappa shape index (κ3) is 8.42. The Bertz CT molecular complexity index is 1010. The molecule has 3 heterocycles. The Balaban J connectivity index is 1.68. The highest BCUT2D eigenvalue weighted by Crippen LogP contribution is 2.26. The number of ether oxygens (including phenoxy) is 3. The minimum Gasteiger partial charge on any atom is -0.444 e. The molecular weight excluding hydrogens is 482 g/mol. The maximum absolute atomic E-state index is 12.9. The summed E-state index contributed by atoms with van der Waals surface area (Å²) in [4.78, 5) is 36.7. The fraction of sp³-hybridized carbons (Fsp3) is 0.600. The lowest BCUT2D eigenvalue weighted by molar-refractivity contribution is -0.119. The quantitative estimate of drug-likeness (QED) is 0.477. The summed E-state index contributed by atoms with van der Waals surface area (Å²) < 4.78 is 16.6. The first-order chi connectivity index (χ1) is 17.0. The molecule has 1 aliphatic heterocycles. The predicted molar refractivity (Wildman–Crippen MR) is 140 cm³/mol. The van der Waals surface area contributed by atoms with Crippen LogP contribution in [0.4, 0.5) is 15.7 Å². The first-order valence-corrected chi connectivity index (χ1v) is 13.1. The smallest absolute Gasteiger partial charge is 0.408 e. The van der Waals surface area contributed by atoms with Gasteiger partial charge in [0.25, 0.3) is 5.91 Å². The van der Waals surface area contributed by atoms with Crippen LogP contribution < -0.4 is 15.5 Å². The van der Waals surface area contributed by atoms with Gasteiger partial charge in [0.15, 0.2) is 5.13 Å². The number of thiazole rings is 1. The van der Waals surface area contributed by atoms with E-state index in [-0.39, 0.29) is 18.8 Å². The lowest BCUT2D eigenvalue weighted by Crippen LogP contribution is -2.48. The first-order valence-electron chi connectivity index (χ1n) is 12.3. The highest BCUT2D eigenvalue weighted by atomic mass is 32.1. The van der Waals surface area contributed by atoms with Crippen LogP contribution in [0.2, 0.25) is 0 Å². The second-order valence-electron chi connectivity index (χ2n) is 9.84. The van der Waals surface area contributed by atoms with Crippen LogP contribution in [0, 0.1) is 0 Å². The first kappa shape index (κ1) is 27.8. The molecule has 2 amide bonds. The monoisotopic (exact) mass is 519 g/mol. The normalized spacial score (nSPS) is 19.0. The maximum atomic E-state index is 12.9. The second kappa shape index (κ2) is 12.5. The number of hydrogen-bond donors (Lipinski definition) is 2. The Morgan fingerprint density at radius 3 is 2.58 bits per heavy atom. The number of rotatable bonds is 9. The number of pyridine rings is 1. The van der Waals surface area contributed by atoms with E-state index >= 15 is 0 Å². The topological polar surface area (TPSA) is 115 Å². The average Bonchev–Trinajstić information content (AvgIpc) is 3.25. The number of carbonyl (C=O) groups is 2. The number of hydrogen-bond acceptors (Lipinski definition) is 9. The Hall–Kier alpha value is -2.76. The number of morpholine rings is 1. The molecule has 0 unspecified atom stereocenters. The molecule has 1 fully saturated rings. The molecule has 2 aromatic rings. The second-order valence-corrected chi connectivity index (χ2v) is 10.7. The zero-order chi connectivity index (χ0) is 26.3. The van der Waals surface area contributed by atoms with E-state index in [1.54, 1.807) is 20.8 Å². The number of anilines is 2. The number of nitrogens with one attached hydrogen (secondary N) is 2. The van der Waals surface area contributed by atoms with E-state index < -0.39 is 23.6 Å². The lowest BCUT2D eigenvalue weighted by atomic mass is 10.2. The molecule has 11 heteroatoms. The van der Waals surface area contributed by atoms with E-state index in [0.29, 0.717) is 23.1 Å². The molecule has 2 N–H and O–H groups in total. The summed E-state index contributed by atoms with van der Waals surface area (Å²) in [6.45, 7) is 13.4. The third-order valence-electron chi connectivity index (χ3n) is 5.12. The molecule has 0 saturated carbocycles. The molecule has 2 aromatic heterocycles. The van der Waals surface area contributed by atoms with Gasteiger partial charge in [-0.1, -0.05) is 13.0 Å². The number of aromatic nitrogens is 2. The number of amides is 2. The van der Waals surface area contributed by atoms with Gasteiger partial charge < -0.3 is 29.7 Å². The van der Waals surface area contributed by atoms with E-state index in [1.807, 2.05) is 30.5 Å². The largest absolute Gasteiger partial charge is 0.444 e. The predicted octanol–water partition coefficient (Wildman–Crippen LogP) is 4.08. The summed E-state index contributed by atoms with van der Waals surface area (Å²) in [5.74, 6) is 0.429. The molecule has 198 valence electrons. The van der Waals surface area contributed by atoms with Crippen molar-refractivity contribution in [1.82, 2.24) is 15.3 Å². The molecular formula is C25H37N5O5S. The van der Waals surface area contributed by atoms with Gasteiger partial charge in [-0.15, -0.1) is 11.3 Å². The summed E-state index contributed by atoms with van der Waals surface area (Å²) in [6.07, 6.45) is 0.369. The van der Waals surface area contributed by atoms with Crippen molar-refractivity contribution in [2.45, 2.75) is 71.8 Å². The highest BCUT2D eigenvalue weighted by molar-refractivity contribution is 7.14. The molecule has 0 spiro atoms. The fourth-order valence-electron chi connectivity index (χ4n) is 3.73. The van der Waals surface area contributed by atoms with E-state index in [1.165, 1.54) is 11.3 Å². The van der Waals surface area contributed by atoms with Gasteiger partial charge in [0, 0.05) is 25.1 Å². The van der Waals surface area contributed by atoms with Crippen molar-refractivity contribution >= 4 is 34.3 Å². The summed E-state index contributed by atoms with van der Waals surface area (Å²) in [6, 6.07) is 4.90. The number of nitrogens with zero attached hydrogens (tertiary/aromatic N) is 3. The molecule has 1 saturated heterocycles. The third-order valence-corrected chi connectivity index (χ3v) is 5.87. The Kier molecular flexibility index (Phi) is 9.63. The Labute approximate surface area is 216 Å². The van der Waals surface area contributed by atoms with E-state index in [2.05, 4.69) is 34.4 Å². The van der Waals surface area contributed by atoms with E-state index in [9.17, 15) is 9.59 Å². The zero-order valence-corrected chi connectivity index (χ0v) is 22.7. The van der Waals surface area contributed by atoms with Crippen LogP contribution in [-0.4, -0.2) is 72.1 Å². The van der Waals surface area contributed by atoms with E-state index in [4.69, 9.17) is 19.2 Å². The van der Waals surface area contributed by atoms with Gasteiger partial charge in [-0.3, -0.25) is 4.79 Å². The summed E-state index contributed by atoms with van der Waals surface area (Å²) in [5.41, 5.74) is 0.689. The van der Waals surface area contributed by atoms with Crippen molar-refractivity contribution < 1.29 is 23.8 Å². The molecule has 0 aromatic carbocycles.